The van der Waals surface area contributed by atoms with E-state index in [1.807, 2.05) is 0 Å². The molecular formula is C12H10ClN3O2. The molecule has 0 aliphatic carbocycles. The zero-order chi connectivity index (χ0) is 13.3. The Balaban J connectivity index is 2.53. The fourth-order valence-corrected chi connectivity index (χ4v) is 1.67. The first-order valence-corrected chi connectivity index (χ1v) is 5.53. The van der Waals surface area contributed by atoms with Crippen LogP contribution in [0.1, 0.15) is 27.8 Å². The summed E-state index contributed by atoms with van der Waals surface area (Å²) in [5.41, 5.74) is 6.07. The Morgan fingerprint density at radius 3 is 2.33 bits per heavy atom. The molecular weight excluding hydrogens is 254 g/mol. The van der Waals surface area contributed by atoms with Crippen molar-refractivity contribution in [2.75, 3.05) is 0 Å². The standard InChI is InChI=1S/C12H10ClN3O2/c1-7(17)11-10(12(14)18)6-16(15-11)9-4-2-8(13)3-5-9/h2-6H,1H3,(H2,14,18). The van der Waals surface area contributed by atoms with Gasteiger partial charge >= 0.3 is 0 Å². The maximum absolute atomic E-state index is 11.4. The van der Waals surface area contributed by atoms with Crippen LogP contribution in [0.25, 0.3) is 5.69 Å². The molecule has 2 aromatic rings. The lowest BCUT2D eigenvalue weighted by Crippen LogP contribution is -2.13. The summed E-state index contributed by atoms with van der Waals surface area (Å²) in [6, 6.07) is 6.83. The number of benzene rings is 1. The van der Waals surface area contributed by atoms with Crippen molar-refractivity contribution in [3.63, 3.8) is 0 Å². The third kappa shape index (κ3) is 2.26. The number of hydrogen-bond donors (Lipinski definition) is 1. The number of primary amides is 1. The van der Waals surface area contributed by atoms with Gasteiger partial charge in [-0.3, -0.25) is 9.59 Å². The highest BCUT2D eigenvalue weighted by atomic mass is 35.5. The number of nitrogens with two attached hydrogens (primary N) is 1. The van der Waals surface area contributed by atoms with Crippen molar-refractivity contribution in [3.8, 4) is 5.69 Å². The predicted octanol–water partition coefficient (Wildman–Crippen LogP) is 1.83. The van der Waals surface area contributed by atoms with Crippen molar-refractivity contribution >= 4 is 23.3 Å². The number of nitrogens with zero attached hydrogens (tertiary/aromatic N) is 2. The fraction of sp³-hybridized carbons (Fsp3) is 0.0833. The minimum Gasteiger partial charge on any atom is -0.365 e. The largest absolute Gasteiger partial charge is 0.365 e. The van der Waals surface area contributed by atoms with Crippen LogP contribution in [0.2, 0.25) is 5.02 Å². The average molecular weight is 264 g/mol. The van der Waals surface area contributed by atoms with Gasteiger partial charge in [0.2, 0.25) is 0 Å². The van der Waals surface area contributed by atoms with E-state index in [1.54, 1.807) is 24.3 Å². The first kappa shape index (κ1) is 12.3. The molecule has 2 N–H and O–H groups in total. The number of carbonyl (C=O) groups is 2. The summed E-state index contributed by atoms with van der Waals surface area (Å²) >= 11 is 5.78. The van der Waals surface area contributed by atoms with E-state index in [0.29, 0.717) is 10.7 Å². The van der Waals surface area contributed by atoms with Gasteiger partial charge in [-0.25, -0.2) is 4.68 Å². The van der Waals surface area contributed by atoms with Gasteiger partial charge in [-0.2, -0.15) is 5.10 Å². The van der Waals surface area contributed by atoms with E-state index < -0.39 is 5.91 Å². The van der Waals surface area contributed by atoms with E-state index in [-0.39, 0.29) is 17.0 Å². The van der Waals surface area contributed by atoms with E-state index in [0.717, 1.165) is 0 Å². The maximum atomic E-state index is 11.4. The summed E-state index contributed by atoms with van der Waals surface area (Å²) in [6.45, 7) is 1.33. The SMILES string of the molecule is CC(=O)c1nn(-c2ccc(Cl)cc2)cc1C(N)=O. The van der Waals surface area contributed by atoms with E-state index in [4.69, 9.17) is 17.3 Å². The second kappa shape index (κ2) is 4.62. The van der Waals surface area contributed by atoms with Crippen molar-refractivity contribution in [2.45, 2.75) is 6.92 Å². The smallest absolute Gasteiger partial charge is 0.252 e. The molecule has 0 radical (unpaired) electrons. The number of Topliss-reactive ketones (excluding diaryl/α,β-unsaturated/α-hetero) is 1. The maximum Gasteiger partial charge on any atom is 0.252 e. The molecule has 0 spiro atoms. The van der Waals surface area contributed by atoms with E-state index in [9.17, 15) is 9.59 Å². The van der Waals surface area contributed by atoms with Gasteiger partial charge in [0.05, 0.1) is 11.3 Å². The van der Waals surface area contributed by atoms with Crippen LogP contribution in [0.15, 0.2) is 30.5 Å². The molecule has 0 saturated heterocycles. The molecule has 1 aromatic carbocycles. The van der Waals surface area contributed by atoms with Gasteiger partial charge in [-0.05, 0) is 24.3 Å². The van der Waals surface area contributed by atoms with Crippen LogP contribution < -0.4 is 5.73 Å². The normalized spacial score (nSPS) is 10.3. The topological polar surface area (TPSA) is 78.0 Å². The average Bonchev–Trinajstić information content (AvgIpc) is 2.75. The predicted molar refractivity (Wildman–Crippen MR) is 67.1 cm³/mol. The second-order valence-corrected chi connectivity index (χ2v) is 4.17. The summed E-state index contributed by atoms with van der Waals surface area (Å²) in [4.78, 5) is 22.6. The van der Waals surface area contributed by atoms with Gasteiger partial charge in [-0.15, -0.1) is 0 Å². The lowest BCUT2D eigenvalue weighted by atomic mass is 10.2. The molecule has 0 saturated carbocycles. The third-order valence-electron chi connectivity index (χ3n) is 2.40. The second-order valence-electron chi connectivity index (χ2n) is 3.73. The Morgan fingerprint density at radius 1 is 1.28 bits per heavy atom. The van der Waals surface area contributed by atoms with Gasteiger partial charge in [0, 0.05) is 18.1 Å². The molecule has 0 aliphatic rings. The summed E-state index contributed by atoms with van der Waals surface area (Å²) in [5, 5.41) is 4.64. The molecule has 0 unspecified atom stereocenters. The Kier molecular flexibility index (Phi) is 3.16. The molecule has 18 heavy (non-hydrogen) atoms. The molecule has 1 heterocycles. The van der Waals surface area contributed by atoms with Crippen molar-refractivity contribution in [1.29, 1.82) is 0 Å². The third-order valence-corrected chi connectivity index (χ3v) is 2.66. The minimum atomic E-state index is -0.680. The number of hydrogen-bond acceptors (Lipinski definition) is 3. The number of rotatable bonds is 3. The van der Waals surface area contributed by atoms with Crippen molar-refractivity contribution in [3.05, 3.63) is 46.7 Å². The van der Waals surface area contributed by atoms with Crippen LogP contribution in [-0.4, -0.2) is 21.5 Å². The van der Waals surface area contributed by atoms with Gasteiger partial charge in [0.1, 0.15) is 5.69 Å². The first-order chi connectivity index (χ1) is 8.49. The molecule has 5 nitrogen and oxygen atoms in total. The van der Waals surface area contributed by atoms with Crippen LogP contribution in [0, 0.1) is 0 Å². The lowest BCUT2D eigenvalue weighted by molar-refractivity contribution is 0.0971. The molecule has 1 aromatic heterocycles. The summed E-state index contributed by atoms with van der Waals surface area (Å²) in [7, 11) is 0. The number of halogens is 1. The molecule has 0 fully saturated rings. The Hall–Kier alpha value is -2.14. The molecule has 1 amide bonds. The molecule has 0 atom stereocenters. The van der Waals surface area contributed by atoms with E-state index in [1.165, 1.54) is 17.8 Å². The van der Waals surface area contributed by atoms with Crippen LogP contribution in [0.4, 0.5) is 0 Å². The molecule has 6 heteroatoms. The van der Waals surface area contributed by atoms with Crippen LogP contribution >= 0.6 is 11.6 Å². The highest BCUT2D eigenvalue weighted by Crippen LogP contribution is 2.15. The van der Waals surface area contributed by atoms with Crippen LogP contribution in [-0.2, 0) is 0 Å². The van der Waals surface area contributed by atoms with Crippen molar-refractivity contribution < 1.29 is 9.59 Å². The minimum absolute atomic E-state index is 0.0671. The zero-order valence-corrected chi connectivity index (χ0v) is 10.3. The van der Waals surface area contributed by atoms with Crippen LogP contribution in [0.3, 0.4) is 0 Å². The highest BCUT2D eigenvalue weighted by molar-refractivity contribution is 6.30. The monoisotopic (exact) mass is 263 g/mol. The molecule has 2 rings (SSSR count). The summed E-state index contributed by atoms with van der Waals surface area (Å²) in [6.07, 6.45) is 1.43. The summed E-state index contributed by atoms with van der Waals surface area (Å²) < 4.78 is 1.42. The lowest BCUT2D eigenvalue weighted by Gasteiger charge is -2.00. The van der Waals surface area contributed by atoms with E-state index >= 15 is 0 Å². The van der Waals surface area contributed by atoms with Crippen molar-refractivity contribution in [1.82, 2.24) is 9.78 Å². The zero-order valence-electron chi connectivity index (χ0n) is 9.55. The number of carbonyl (C=O) groups excluding carboxylic acids is 2. The fourth-order valence-electron chi connectivity index (χ4n) is 1.54. The quantitative estimate of drug-likeness (QED) is 0.858. The van der Waals surface area contributed by atoms with Gasteiger partial charge in [0.15, 0.2) is 5.78 Å². The summed E-state index contributed by atoms with van der Waals surface area (Å²) in [5.74, 6) is -0.989. The van der Waals surface area contributed by atoms with Crippen molar-refractivity contribution in [2.24, 2.45) is 5.73 Å². The number of aromatic nitrogens is 2. The molecule has 0 bridgehead atoms. The van der Waals surface area contributed by atoms with Gasteiger partial charge < -0.3 is 5.73 Å². The molecule has 0 aliphatic heterocycles. The Bertz CT molecular complexity index is 585. The highest BCUT2D eigenvalue weighted by Gasteiger charge is 2.17. The van der Waals surface area contributed by atoms with E-state index in [2.05, 4.69) is 5.10 Å². The Morgan fingerprint density at radius 2 is 1.89 bits per heavy atom. The van der Waals surface area contributed by atoms with Gasteiger partial charge in [-0.1, -0.05) is 11.6 Å². The molecule has 92 valence electrons. The number of amides is 1. The van der Waals surface area contributed by atoms with Crippen LogP contribution in [0.5, 0.6) is 0 Å². The van der Waals surface area contributed by atoms with Gasteiger partial charge in [0.25, 0.3) is 5.91 Å². The Labute approximate surface area is 108 Å². The first-order valence-electron chi connectivity index (χ1n) is 5.15. The number of ketones is 1.